The fourth-order valence-corrected chi connectivity index (χ4v) is 2.98. The predicted octanol–water partition coefficient (Wildman–Crippen LogP) is 1.24. The van der Waals surface area contributed by atoms with E-state index in [1.807, 2.05) is 18.7 Å². The Bertz CT molecular complexity index is 441. The molecule has 2 N–H and O–H groups in total. The molecule has 0 radical (unpaired) electrons. The first-order valence-electron chi connectivity index (χ1n) is 7.68. The van der Waals surface area contributed by atoms with Gasteiger partial charge in [-0.15, -0.1) is 0 Å². The van der Waals surface area contributed by atoms with E-state index in [1.54, 1.807) is 6.92 Å². The number of hydrogen-bond donors (Lipinski definition) is 2. The van der Waals surface area contributed by atoms with Gasteiger partial charge < -0.3 is 20.3 Å². The summed E-state index contributed by atoms with van der Waals surface area (Å²) < 4.78 is 5.37. The monoisotopic (exact) mass is 295 g/mol. The number of nitrogens with one attached hydrogen (secondary N) is 2. The highest BCUT2D eigenvalue weighted by Crippen LogP contribution is 2.20. The van der Waals surface area contributed by atoms with Crippen LogP contribution in [0.5, 0.6) is 0 Å². The third-order valence-electron chi connectivity index (χ3n) is 4.20. The van der Waals surface area contributed by atoms with Gasteiger partial charge in [0, 0.05) is 32.0 Å². The van der Waals surface area contributed by atoms with Gasteiger partial charge in [0.05, 0.1) is 11.6 Å². The summed E-state index contributed by atoms with van der Waals surface area (Å²) in [5, 5.41) is 5.43. The van der Waals surface area contributed by atoms with Crippen molar-refractivity contribution in [3.63, 3.8) is 0 Å². The van der Waals surface area contributed by atoms with Crippen LogP contribution in [0.4, 0.5) is 4.79 Å². The fourth-order valence-electron chi connectivity index (χ4n) is 2.98. The second-order valence-corrected chi connectivity index (χ2v) is 5.76. The summed E-state index contributed by atoms with van der Waals surface area (Å²) >= 11 is 0. The van der Waals surface area contributed by atoms with Crippen LogP contribution in [0.1, 0.15) is 33.6 Å². The molecule has 0 aromatic carbocycles. The minimum Gasteiger partial charge on any atom is -0.381 e. The van der Waals surface area contributed by atoms with Crippen LogP contribution < -0.4 is 10.6 Å². The molecule has 6 nitrogen and oxygen atoms in total. The highest BCUT2D eigenvalue weighted by atomic mass is 16.5. The molecule has 1 saturated heterocycles. The van der Waals surface area contributed by atoms with E-state index in [0.717, 1.165) is 32.6 Å². The molecule has 0 aromatic heterocycles. The van der Waals surface area contributed by atoms with E-state index in [9.17, 15) is 9.59 Å². The molecule has 0 aliphatic carbocycles. The van der Waals surface area contributed by atoms with E-state index in [1.165, 1.54) is 0 Å². The SMILES string of the molecule is CCN(CC1CCOCC1)C(=O)C1=C(C)NC(=O)NC1C. The third-order valence-corrected chi connectivity index (χ3v) is 4.20. The molecular weight excluding hydrogens is 270 g/mol. The van der Waals surface area contributed by atoms with Gasteiger partial charge in [-0.05, 0) is 39.5 Å². The second-order valence-electron chi connectivity index (χ2n) is 5.76. The first-order valence-corrected chi connectivity index (χ1v) is 7.68. The molecule has 3 amide bonds. The van der Waals surface area contributed by atoms with E-state index in [4.69, 9.17) is 4.74 Å². The zero-order valence-corrected chi connectivity index (χ0v) is 13.1. The van der Waals surface area contributed by atoms with E-state index >= 15 is 0 Å². The molecular formula is C15H25N3O3. The number of nitrogens with zero attached hydrogens (tertiary/aromatic N) is 1. The molecule has 21 heavy (non-hydrogen) atoms. The molecule has 2 aliphatic rings. The lowest BCUT2D eigenvalue weighted by molar-refractivity contribution is -0.128. The van der Waals surface area contributed by atoms with Gasteiger partial charge in [-0.25, -0.2) is 4.79 Å². The van der Waals surface area contributed by atoms with Crippen molar-refractivity contribution in [2.24, 2.45) is 5.92 Å². The quantitative estimate of drug-likeness (QED) is 0.819. The summed E-state index contributed by atoms with van der Waals surface area (Å²) in [5.41, 5.74) is 1.31. The Balaban J connectivity index is 2.08. The van der Waals surface area contributed by atoms with Crippen molar-refractivity contribution in [2.45, 2.75) is 39.7 Å². The number of amides is 3. The molecule has 2 aliphatic heterocycles. The van der Waals surface area contributed by atoms with Crippen LogP contribution in [0.2, 0.25) is 0 Å². The smallest absolute Gasteiger partial charge is 0.319 e. The normalized spacial score (nSPS) is 23.6. The number of allylic oxidation sites excluding steroid dienone is 1. The Morgan fingerprint density at radius 2 is 2.05 bits per heavy atom. The number of rotatable bonds is 4. The van der Waals surface area contributed by atoms with Gasteiger partial charge in [-0.3, -0.25) is 4.79 Å². The molecule has 2 rings (SSSR count). The minimum atomic E-state index is -0.255. The van der Waals surface area contributed by atoms with Crippen LogP contribution in [0.3, 0.4) is 0 Å². The number of carbonyl (C=O) groups excluding carboxylic acids is 2. The summed E-state index contributed by atoms with van der Waals surface area (Å²) in [6, 6.07) is -0.501. The molecule has 0 spiro atoms. The maximum Gasteiger partial charge on any atom is 0.319 e. The number of likely N-dealkylation sites (N-methyl/N-ethyl adjacent to an activating group) is 1. The van der Waals surface area contributed by atoms with Gasteiger partial charge in [0.2, 0.25) is 0 Å². The zero-order valence-electron chi connectivity index (χ0n) is 13.1. The first kappa shape index (κ1) is 15.8. The lowest BCUT2D eigenvalue weighted by Crippen LogP contribution is -2.51. The van der Waals surface area contributed by atoms with Gasteiger partial charge in [0.1, 0.15) is 0 Å². The van der Waals surface area contributed by atoms with Gasteiger partial charge in [0.15, 0.2) is 0 Å². The van der Waals surface area contributed by atoms with Crippen molar-refractivity contribution in [3.05, 3.63) is 11.3 Å². The van der Waals surface area contributed by atoms with Crippen molar-refractivity contribution < 1.29 is 14.3 Å². The maximum absolute atomic E-state index is 12.8. The number of hydrogen-bond acceptors (Lipinski definition) is 3. The molecule has 1 atom stereocenters. The average Bonchev–Trinajstić information content (AvgIpc) is 2.44. The number of ether oxygens (including phenoxy) is 1. The second kappa shape index (κ2) is 6.93. The van der Waals surface area contributed by atoms with Crippen LogP contribution in [0.25, 0.3) is 0 Å². The summed E-state index contributed by atoms with van der Waals surface area (Å²) in [7, 11) is 0. The molecule has 1 fully saturated rings. The van der Waals surface area contributed by atoms with Crippen molar-refractivity contribution in [1.82, 2.24) is 15.5 Å². The van der Waals surface area contributed by atoms with Crippen LogP contribution >= 0.6 is 0 Å². The van der Waals surface area contributed by atoms with E-state index in [-0.39, 0.29) is 18.0 Å². The van der Waals surface area contributed by atoms with E-state index in [0.29, 0.717) is 23.7 Å². The Hall–Kier alpha value is -1.56. The maximum atomic E-state index is 12.8. The van der Waals surface area contributed by atoms with Gasteiger partial charge in [-0.2, -0.15) is 0 Å². The van der Waals surface area contributed by atoms with Crippen LogP contribution in [-0.2, 0) is 9.53 Å². The van der Waals surface area contributed by atoms with E-state index in [2.05, 4.69) is 10.6 Å². The van der Waals surface area contributed by atoms with Crippen LogP contribution in [0.15, 0.2) is 11.3 Å². The zero-order chi connectivity index (χ0) is 15.4. The van der Waals surface area contributed by atoms with E-state index < -0.39 is 0 Å². The molecule has 6 heteroatoms. The summed E-state index contributed by atoms with van der Waals surface area (Å²) in [4.78, 5) is 26.1. The molecule has 0 bridgehead atoms. The number of carbonyl (C=O) groups is 2. The first-order chi connectivity index (χ1) is 10.0. The molecule has 0 saturated carbocycles. The highest BCUT2D eigenvalue weighted by Gasteiger charge is 2.30. The van der Waals surface area contributed by atoms with Crippen molar-refractivity contribution >= 4 is 11.9 Å². The molecule has 2 heterocycles. The topological polar surface area (TPSA) is 70.7 Å². The number of urea groups is 1. The van der Waals surface area contributed by atoms with Gasteiger partial charge in [0.25, 0.3) is 5.91 Å². The van der Waals surface area contributed by atoms with Crippen molar-refractivity contribution in [3.8, 4) is 0 Å². The van der Waals surface area contributed by atoms with Crippen LogP contribution in [0, 0.1) is 5.92 Å². The largest absolute Gasteiger partial charge is 0.381 e. The standard InChI is InChI=1S/C15H25N3O3/c1-4-18(9-12-5-7-21-8-6-12)14(19)13-10(2)16-15(20)17-11(13)3/h10,12H,4-9H2,1-3H3,(H2,16,17,20). The predicted molar refractivity (Wildman–Crippen MR) is 79.6 cm³/mol. The Morgan fingerprint density at radius 1 is 1.38 bits per heavy atom. The Morgan fingerprint density at radius 3 is 2.62 bits per heavy atom. The fraction of sp³-hybridized carbons (Fsp3) is 0.733. The summed E-state index contributed by atoms with van der Waals surface area (Å²) in [5.74, 6) is 0.520. The van der Waals surface area contributed by atoms with Crippen LogP contribution in [-0.4, -0.2) is 49.2 Å². The Labute approximate surface area is 125 Å². The summed E-state index contributed by atoms with van der Waals surface area (Å²) in [6.45, 7) is 8.62. The summed E-state index contributed by atoms with van der Waals surface area (Å²) in [6.07, 6.45) is 2.01. The van der Waals surface area contributed by atoms with Crippen molar-refractivity contribution in [1.29, 1.82) is 0 Å². The highest BCUT2D eigenvalue weighted by molar-refractivity contribution is 5.98. The average molecular weight is 295 g/mol. The lowest BCUT2D eigenvalue weighted by Gasteiger charge is -2.33. The molecule has 0 aromatic rings. The minimum absolute atomic E-state index is 0.0153. The third kappa shape index (κ3) is 3.75. The Kier molecular flexibility index (Phi) is 5.22. The molecule has 118 valence electrons. The van der Waals surface area contributed by atoms with Crippen molar-refractivity contribution in [2.75, 3.05) is 26.3 Å². The molecule has 1 unspecified atom stereocenters. The van der Waals surface area contributed by atoms with Gasteiger partial charge >= 0.3 is 6.03 Å². The lowest BCUT2D eigenvalue weighted by atomic mass is 9.98. The van der Waals surface area contributed by atoms with Gasteiger partial charge in [-0.1, -0.05) is 0 Å².